The first kappa shape index (κ1) is 23.3. The highest BCUT2D eigenvalue weighted by molar-refractivity contribution is 7.92. The molecule has 0 aliphatic heterocycles. The maximum absolute atomic E-state index is 12.4. The Morgan fingerprint density at radius 2 is 1.78 bits per heavy atom. The average molecular weight is 453 g/mol. The monoisotopic (exact) mass is 452 g/mol. The lowest BCUT2D eigenvalue weighted by atomic mass is 10.2. The van der Waals surface area contributed by atoms with E-state index in [1.165, 1.54) is 0 Å². The van der Waals surface area contributed by atoms with Crippen LogP contribution in [0.1, 0.15) is 28.1 Å². The molecular formula is C24H28N4O3S. The summed E-state index contributed by atoms with van der Waals surface area (Å²) in [5.41, 5.74) is 8.93. The molecule has 0 aliphatic carbocycles. The van der Waals surface area contributed by atoms with Gasteiger partial charge in [0.05, 0.1) is 18.2 Å². The molecule has 1 heterocycles. The number of amides is 1. The van der Waals surface area contributed by atoms with Crippen LogP contribution in [0.3, 0.4) is 0 Å². The molecule has 2 aromatic carbocycles. The highest BCUT2D eigenvalue weighted by Crippen LogP contribution is 2.22. The summed E-state index contributed by atoms with van der Waals surface area (Å²) in [6, 6.07) is 17.1. The fourth-order valence-corrected chi connectivity index (χ4v) is 4.47. The number of rotatable bonds is 7. The van der Waals surface area contributed by atoms with E-state index in [9.17, 15) is 13.2 Å². The lowest BCUT2D eigenvalue weighted by molar-refractivity contribution is -0.119. The van der Waals surface area contributed by atoms with E-state index >= 15 is 0 Å². The van der Waals surface area contributed by atoms with Gasteiger partial charge in [0, 0.05) is 22.6 Å². The van der Waals surface area contributed by atoms with E-state index in [1.54, 1.807) is 24.4 Å². The van der Waals surface area contributed by atoms with Crippen LogP contribution in [0, 0.1) is 27.7 Å². The van der Waals surface area contributed by atoms with E-state index in [1.807, 2.05) is 45.0 Å². The number of nitrogens with zero attached hydrogens (tertiary/aromatic N) is 3. The number of aromatic nitrogens is 1. The molecule has 0 saturated carbocycles. The van der Waals surface area contributed by atoms with Crippen molar-refractivity contribution in [3.05, 3.63) is 82.7 Å². The van der Waals surface area contributed by atoms with Crippen LogP contribution in [-0.2, 0) is 14.8 Å². The van der Waals surface area contributed by atoms with Gasteiger partial charge in [0.1, 0.15) is 6.54 Å². The van der Waals surface area contributed by atoms with Crippen LogP contribution in [0.5, 0.6) is 0 Å². The largest absolute Gasteiger partial charge is 0.318 e. The maximum atomic E-state index is 12.4. The number of para-hydroxylation sites is 1. The number of carbonyl (C=O) groups excluding carboxylic acids is 1. The van der Waals surface area contributed by atoms with E-state index in [4.69, 9.17) is 0 Å². The third-order valence-corrected chi connectivity index (χ3v) is 6.34. The average Bonchev–Trinajstić information content (AvgIpc) is 2.99. The molecule has 0 radical (unpaired) electrons. The summed E-state index contributed by atoms with van der Waals surface area (Å²) in [6.07, 6.45) is 2.65. The summed E-state index contributed by atoms with van der Waals surface area (Å²) in [6.45, 7) is 7.57. The number of hydrogen-bond acceptors (Lipinski definition) is 4. The SMILES string of the molecule is Cc1cccc(N(CC(=O)N/N=C/c2cc(C)n(-c3ccccc3C)c2C)S(C)(=O)=O)c1. The Bertz CT molecular complexity index is 1280. The molecule has 32 heavy (non-hydrogen) atoms. The first-order valence-electron chi connectivity index (χ1n) is 10.2. The summed E-state index contributed by atoms with van der Waals surface area (Å²) in [5, 5.41) is 4.06. The highest BCUT2D eigenvalue weighted by Gasteiger charge is 2.20. The fraction of sp³-hybridized carbons (Fsp3) is 0.250. The second-order valence-corrected chi connectivity index (χ2v) is 9.76. The Labute approximate surface area is 189 Å². The number of carbonyl (C=O) groups is 1. The van der Waals surface area contributed by atoms with Crippen molar-refractivity contribution in [1.29, 1.82) is 0 Å². The molecule has 168 valence electrons. The van der Waals surface area contributed by atoms with E-state index in [2.05, 4.69) is 34.2 Å². The summed E-state index contributed by atoms with van der Waals surface area (Å²) >= 11 is 0. The van der Waals surface area contributed by atoms with Crippen molar-refractivity contribution in [1.82, 2.24) is 9.99 Å². The van der Waals surface area contributed by atoms with Gasteiger partial charge >= 0.3 is 0 Å². The third kappa shape index (κ3) is 5.26. The molecule has 1 aromatic heterocycles. The normalized spacial score (nSPS) is 11.7. The molecule has 0 saturated heterocycles. The van der Waals surface area contributed by atoms with Crippen LogP contribution >= 0.6 is 0 Å². The van der Waals surface area contributed by atoms with Crippen LogP contribution < -0.4 is 9.73 Å². The standard InChI is InChI=1S/C24H28N4O3S/c1-17-9-8-11-22(13-17)27(32(5,30)31)16-24(29)26-25-15-21-14-19(3)28(20(21)4)23-12-7-6-10-18(23)2/h6-15H,16H2,1-5H3,(H,26,29)/b25-15+. The smallest absolute Gasteiger partial charge is 0.260 e. The minimum absolute atomic E-state index is 0.359. The first-order chi connectivity index (χ1) is 15.1. The zero-order chi connectivity index (χ0) is 23.5. The van der Waals surface area contributed by atoms with Crippen LogP contribution in [0.25, 0.3) is 5.69 Å². The van der Waals surface area contributed by atoms with Crippen molar-refractivity contribution in [3.63, 3.8) is 0 Å². The van der Waals surface area contributed by atoms with Crippen LogP contribution in [0.2, 0.25) is 0 Å². The second kappa shape index (κ2) is 9.40. The number of sulfonamides is 1. The maximum Gasteiger partial charge on any atom is 0.260 e. The molecule has 3 aromatic rings. The quantitative estimate of drug-likeness (QED) is 0.439. The van der Waals surface area contributed by atoms with E-state index in [0.29, 0.717) is 5.69 Å². The van der Waals surface area contributed by atoms with Gasteiger partial charge in [-0.15, -0.1) is 0 Å². The summed E-state index contributed by atoms with van der Waals surface area (Å²) in [4.78, 5) is 12.4. The summed E-state index contributed by atoms with van der Waals surface area (Å²) in [7, 11) is -3.63. The predicted molar refractivity (Wildman–Crippen MR) is 129 cm³/mol. The Balaban J connectivity index is 1.75. The molecule has 0 atom stereocenters. The molecule has 1 amide bonds. The lowest BCUT2D eigenvalue weighted by Crippen LogP contribution is -2.39. The van der Waals surface area contributed by atoms with Gasteiger partial charge < -0.3 is 4.57 Å². The summed E-state index contributed by atoms with van der Waals surface area (Å²) in [5.74, 6) is -0.527. The zero-order valence-electron chi connectivity index (χ0n) is 19.0. The van der Waals surface area contributed by atoms with E-state index in [-0.39, 0.29) is 6.54 Å². The van der Waals surface area contributed by atoms with Gasteiger partial charge in [0.15, 0.2) is 0 Å². The second-order valence-electron chi connectivity index (χ2n) is 7.85. The number of benzene rings is 2. The fourth-order valence-electron chi connectivity index (χ4n) is 3.63. The Morgan fingerprint density at radius 1 is 1.06 bits per heavy atom. The lowest BCUT2D eigenvalue weighted by Gasteiger charge is -2.21. The van der Waals surface area contributed by atoms with Crippen molar-refractivity contribution >= 4 is 27.8 Å². The van der Waals surface area contributed by atoms with Gasteiger partial charge in [-0.2, -0.15) is 5.10 Å². The molecule has 0 fully saturated rings. The van der Waals surface area contributed by atoms with E-state index in [0.717, 1.165) is 44.3 Å². The van der Waals surface area contributed by atoms with Gasteiger partial charge in [-0.1, -0.05) is 30.3 Å². The van der Waals surface area contributed by atoms with Crippen molar-refractivity contribution < 1.29 is 13.2 Å². The minimum atomic E-state index is -3.63. The minimum Gasteiger partial charge on any atom is -0.318 e. The van der Waals surface area contributed by atoms with Crippen LogP contribution in [0.4, 0.5) is 5.69 Å². The Kier molecular flexibility index (Phi) is 6.84. The number of hydrogen-bond donors (Lipinski definition) is 1. The Morgan fingerprint density at radius 3 is 2.44 bits per heavy atom. The first-order valence-corrected chi connectivity index (χ1v) is 12.0. The molecule has 1 N–H and O–H groups in total. The molecule has 7 nitrogen and oxygen atoms in total. The molecule has 0 unspecified atom stereocenters. The zero-order valence-corrected chi connectivity index (χ0v) is 19.8. The van der Waals surface area contributed by atoms with Gasteiger partial charge in [0.2, 0.25) is 10.0 Å². The predicted octanol–water partition coefficient (Wildman–Crippen LogP) is 3.63. The molecule has 8 heteroatoms. The molecular weight excluding hydrogens is 424 g/mol. The van der Waals surface area contributed by atoms with Crippen LogP contribution in [-0.4, -0.2) is 37.9 Å². The number of nitrogens with one attached hydrogen (secondary N) is 1. The third-order valence-electron chi connectivity index (χ3n) is 5.20. The highest BCUT2D eigenvalue weighted by atomic mass is 32.2. The topological polar surface area (TPSA) is 83.8 Å². The molecule has 0 bridgehead atoms. The molecule has 0 aliphatic rings. The van der Waals surface area contributed by atoms with Crippen molar-refractivity contribution in [2.75, 3.05) is 17.1 Å². The molecule has 3 rings (SSSR count). The Hall–Kier alpha value is -3.39. The number of hydrazone groups is 1. The number of aryl methyl sites for hydroxylation is 3. The summed E-state index contributed by atoms with van der Waals surface area (Å²) < 4.78 is 27.7. The van der Waals surface area contributed by atoms with Crippen molar-refractivity contribution in [2.45, 2.75) is 27.7 Å². The van der Waals surface area contributed by atoms with Gasteiger partial charge in [-0.25, -0.2) is 13.8 Å². The van der Waals surface area contributed by atoms with E-state index < -0.39 is 15.9 Å². The van der Waals surface area contributed by atoms with Crippen molar-refractivity contribution in [2.24, 2.45) is 5.10 Å². The van der Waals surface area contributed by atoms with Gasteiger partial charge in [-0.3, -0.25) is 9.10 Å². The van der Waals surface area contributed by atoms with Gasteiger partial charge in [0.25, 0.3) is 5.91 Å². The van der Waals surface area contributed by atoms with Crippen molar-refractivity contribution in [3.8, 4) is 5.69 Å². The van der Waals surface area contributed by atoms with Gasteiger partial charge in [-0.05, 0) is 63.1 Å². The molecule has 0 spiro atoms. The number of anilines is 1. The van der Waals surface area contributed by atoms with Crippen LogP contribution in [0.15, 0.2) is 59.7 Å².